The van der Waals surface area contributed by atoms with E-state index >= 15 is 0 Å². The largest absolute Gasteiger partial charge is 0.396 e. The van der Waals surface area contributed by atoms with Crippen molar-refractivity contribution in [2.24, 2.45) is 10.4 Å². The number of nitrogens with zero attached hydrogens (tertiary/aromatic N) is 2. The van der Waals surface area contributed by atoms with Crippen molar-refractivity contribution in [3.8, 4) is 0 Å². The summed E-state index contributed by atoms with van der Waals surface area (Å²) >= 11 is 0. The minimum atomic E-state index is -0.214. The maximum Gasteiger partial charge on any atom is 0.191 e. The second-order valence-electron chi connectivity index (χ2n) is 8.83. The Labute approximate surface area is 209 Å². The van der Waals surface area contributed by atoms with Crippen molar-refractivity contribution in [3.05, 3.63) is 35.6 Å². The molecule has 1 saturated carbocycles. The van der Waals surface area contributed by atoms with Gasteiger partial charge < -0.3 is 20.5 Å². The minimum absolute atomic E-state index is 0. The Balaban J connectivity index is 0.00000363. The van der Waals surface area contributed by atoms with Crippen molar-refractivity contribution in [1.82, 2.24) is 15.5 Å². The molecule has 0 aromatic heterocycles. The highest BCUT2D eigenvalue weighted by atomic mass is 127. The lowest BCUT2D eigenvalue weighted by Crippen LogP contribution is -2.46. The molecule has 1 saturated heterocycles. The number of morpholine rings is 1. The van der Waals surface area contributed by atoms with Gasteiger partial charge in [-0.25, -0.2) is 4.39 Å². The summed E-state index contributed by atoms with van der Waals surface area (Å²) in [6.45, 7) is 7.66. The molecule has 32 heavy (non-hydrogen) atoms. The third-order valence-electron chi connectivity index (χ3n) is 6.68. The SMILES string of the molecule is CCNC(=NCC1(CCO)CCCCC1)NCC(c1ccc(F)cc1)N1CCOCC1.I. The Hall–Kier alpha value is -0.970. The molecule has 182 valence electrons. The first-order valence-corrected chi connectivity index (χ1v) is 11.9. The Bertz CT molecular complexity index is 672. The summed E-state index contributed by atoms with van der Waals surface area (Å²) in [5.41, 5.74) is 1.21. The van der Waals surface area contributed by atoms with Crippen LogP contribution in [0.5, 0.6) is 0 Å². The van der Waals surface area contributed by atoms with E-state index in [0.29, 0.717) is 6.54 Å². The number of nitrogens with one attached hydrogen (secondary N) is 2. The number of aliphatic hydroxyl groups excluding tert-OH is 1. The number of guanidine groups is 1. The summed E-state index contributed by atoms with van der Waals surface area (Å²) in [5.74, 6) is 0.597. The van der Waals surface area contributed by atoms with Crippen molar-refractivity contribution in [3.63, 3.8) is 0 Å². The summed E-state index contributed by atoms with van der Waals surface area (Å²) in [7, 11) is 0. The Kier molecular flexibility index (Phi) is 12.2. The predicted octanol–water partition coefficient (Wildman–Crippen LogP) is 3.71. The van der Waals surface area contributed by atoms with Gasteiger partial charge in [0.2, 0.25) is 0 Å². The zero-order valence-corrected chi connectivity index (χ0v) is 21.7. The number of halogens is 2. The highest BCUT2D eigenvalue weighted by Gasteiger charge is 2.31. The van der Waals surface area contributed by atoms with Crippen molar-refractivity contribution < 1.29 is 14.2 Å². The summed E-state index contributed by atoms with van der Waals surface area (Å²) in [6, 6.07) is 6.93. The van der Waals surface area contributed by atoms with Gasteiger partial charge in [0.1, 0.15) is 5.82 Å². The molecular weight excluding hydrogens is 522 g/mol. The lowest BCUT2D eigenvalue weighted by molar-refractivity contribution is 0.0170. The molecule has 0 spiro atoms. The van der Waals surface area contributed by atoms with Crippen LogP contribution in [-0.4, -0.2) is 68.5 Å². The number of aliphatic hydroxyl groups is 1. The van der Waals surface area contributed by atoms with Crippen LogP contribution in [0.3, 0.4) is 0 Å². The maximum atomic E-state index is 13.5. The topological polar surface area (TPSA) is 69.1 Å². The fourth-order valence-corrected chi connectivity index (χ4v) is 4.84. The molecule has 0 bridgehead atoms. The van der Waals surface area contributed by atoms with E-state index < -0.39 is 0 Å². The Morgan fingerprint density at radius 3 is 2.47 bits per heavy atom. The van der Waals surface area contributed by atoms with Crippen LogP contribution in [-0.2, 0) is 4.74 Å². The highest BCUT2D eigenvalue weighted by molar-refractivity contribution is 14.0. The molecule has 0 amide bonds. The number of aliphatic imine (C=N–C) groups is 1. The standard InChI is InChI=1S/C24H39FN4O2.HI/c1-2-26-23(28-19-24(12-15-30)10-4-3-5-11-24)27-18-22(29-13-16-31-17-14-29)20-6-8-21(25)9-7-20;/h6-9,22,30H,2-5,10-19H2,1H3,(H2,26,27,28);1H. The first-order valence-electron chi connectivity index (χ1n) is 11.9. The molecule has 1 aliphatic carbocycles. The van der Waals surface area contributed by atoms with Crippen LogP contribution in [0.4, 0.5) is 4.39 Å². The van der Waals surface area contributed by atoms with E-state index in [2.05, 4.69) is 22.5 Å². The van der Waals surface area contributed by atoms with Gasteiger partial charge in [-0.3, -0.25) is 9.89 Å². The van der Waals surface area contributed by atoms with Gasteiger partial charge in [-0.15, -0.1) is 24.0 Å². The molecule has 0 radical (unpaired) electrons. The average molecular weight is 563 g/mol. The first-order chi connectivity index (χ1) is 15.2. The third-order valence-corrected chi connectivity index (χ3v) is 6.68. The molecule has 3 N–H and O–H groups in total. The molecule has 6 nitrogen and oxygen atoms in total. The van der Waals surface area contributed by atoms with E-state index in [1.807, 2.05) is 12.1 Å². The van der Waals surface area contributed by atoms with Gasteiger partial charge in [-0.2, -0.15) is 0 Å². The lowest BCUT2D eigenvalue weighted by Gasteiger charge is -2.36. The van der Waals surface area contributed by atoms with Gasteiger partial charge in [0.05, 0.1) is 19.3 Å². The van der Waals surface area contributed by atoms with E-state index in [9.17, 15) is 9.50 Å². The zero-order valence-electron chi connectivity index (χ0n) is 19.3. The summed E-state index contributed by atoms with van der Waals surface area (Å²) in [6.07, 6.45) is 6.84. The number of ether oxygens (including phenoxy) is 1. The molecule has 2 aliphatic rings. The molecule has 1 aromatic carbocycles. The van der Waals surface area contributed by atoms with Crippen molar-refractivity contribution >= 4 is 29.9 Å². The van der Waals surface area contributed by atoms with Crippen LogP contribution < -0.4 is 10.6 Å². The van der Waals surface area contributed by atoms with E-state index in [1.165, 1.54) is 31.4 Å². The van der Waals surface area contributed by atoms with Crippen LogP contribution in [0.2, 0.25) is 0 Å². The van der Waals surface area contributed by atoms with Crippen LogP contribution >= 0.6 is 24.0 Å². The minimum Gasteiger partial charge on any atom is -0.396 e. The van der Waals surface area contributed by atoms with E-state index in [1.54, 1.807) is 0 Å². The Morgan fingerprint density at radius 2 is 1.84 bits per heavy atom. The molecule has 1 unspecified atom stereocenters. The fourth-order valence-electron chi connectivity index (χ4n) is 4.84. The van der Waals surface area contributed by atoms with Crippen LogP contribution in [0, 0.1) is 11.2 Å². The molecule has 1 aromatic rings. The van der Waals surface area contributed by atoms with Crippen molar-refractivity contribution in [2.45, 2.75) is 51.5 Å². The van der Waals surface area contributed by atoms with Gasteiger partial charge in [0.15, 0.2) is 5.96 Å². The van der Waals surface area contributed by atoms with Gasteiger partial charge >= 0.3 is 0 Å². The van der Waals surface area contributed by atoms with Gasteiger partial charge in [0, 0.05) is 39.3 Å². The highest BCUT2D eigenvalue weighted by Crippen LogP contribution is 2.39. The third kappa shape index (κ3) is 8.11. The summed E-state index contributed by atoms with van der Waals surface area (Å²) in [5, 5.41) is 16.5. The van der Waals surface area contributed by atoms with E-state index in [4.69, 9.17) is 9.73 Å². The number of benzene rings is 1. The van der Waals surface area contributed by atoms with E-state index in [-0.39, 0.29) is 47.9 Å². The van der Waals surface area contributed by atoms with Crippen molar-refractivity contribution in [2.75, 3.05) is 52.5 Å². The Morgan fingerprint density at radius 1 is 1.16 bits per heavy atom. The zero-order chi connectivity index (χ0) is 21.9. The van der Waals surface area contributed by atoms with Gasteiger partial charge in [0.25, 0.3) is 0 Å². The maximum absolute atomic E-state index is 13.5. The average Bonchev–Trinajstić information content (AvgIpc) is 2.80. The lowest BCUT2D eigenvalue weighted by atomic mass is 9.72. The number of hydrogen-bond acceptors (Lipinski definition) is 4. The van der Waals surface area contributed by atoms with Crippen LogP contribution in [0.15, 0.2) is 29.3 Å². The van der Waals surface area contributed by atoms with Crippen LogP contribution in [0.25, 0.3) is 0 Å². The number of hydrogen-bond donors (Lipinski definition) is 3. The summed E-state index contributed by atoms with van der Waals surface area (Å²) < 4.78 is 19.0. The monoisotopic (exact) mass is 562 g/mol. The number of rotatable bonds is 9. The normalized spacial score (nSPS) is 20.3. The molecule has 2 fully saturated rings. The first kappa shape index (κ1) is 27.3. The molecule has 1 aliphatic heterocycles. The second kappa shape index (κ2) is 14.3. The quantitative estimate of drug-likeness (QED) is 0.243. The van der Waals surface area contributed by atoms with Gasteiger partial charge in [-0.05, 0) is 49.3 Å². The van der Waals surface area contributed by atoms with Crippen molar-refractivity contribution in [1.29, 1.82) is 0 Å². The van der Waals surface area contributed by atoms with Gasteiger partial charge in [-0.1, -0.05) is 31.4 Å². The molecule has 1 heterocycles. The molecule has 1 atom stereocenters. The summed E-state index contributed by atoms with van der Waals surface area (Å²) in [4.78, 5) is 7.32. The van der Waals surface area contributed by atoms with Crippen LogP contribution in [0.1, 0.15) is 57.1 Å². The second-order valence-corrected chi connectivity index (χ2v) is 8.83. The smallest absolute Gasteiger partial charge is 0.191 e. The van der Waals surface area contributed by atoms with E-state index in [0.717, 1.165) is 70.2 Å². The molecular formula is C24H40FIN4O2. The molecule has 3 rings (SSSR count). The fraction of sp³-hybridized carbons (Fsp3) is 0.708. The molecule has 8 heteroatoms. The predicted molar refractivity (Wildman–Crippen MR) is 138 cm³/mol.